The Balaban J connectivity index is 1.39. The molecule has 2 fully saturated rings. The Morgan fingerprint density at radius 3 is 2.15 bits per heavy atom. The summed E-state index contributed by atoms with van der Waals surface area (Å²) in [5.41, 5.74) is 1.48. The minimum atomic E-state index is -0.700. The zero-order chi connectivity index (χ0) is 19.1. The number of ether oxygens (including phenoxy) is 1. The fourth-order valence-electron chi connectivity index (χ4n) is 5.10. The van der Waals surface area contributed by atoms with E-state index in [4.69, 9.17) is 9.84 Å². The molecule has 2 aliphatic rings. The third-order valence-electron chi connectivity index (χ3n) is 6.78. The molecule has 3 heteroatoms. The van der Waals surface area contributed by atoms with Crippen molar-refractivity contribution in [3.63, 3.8) is 0 Å². The maximum Gasteiger partial charge on any atom is 0.303 e. The van der Waals surface area contributed by atoms with Crippen molar-refractivity contribution in [2.75, 3.05) is 7.11 Å². The highest BCUT2D eigenvalue weighted by Crippen LogP contribution is 2.44. The van der Waals surface area contributed by atoms with E-state index < -0.39 is 5.97 Å². The quantitative estimate of drug-likeness (QED) is 0.582. The van der Waals surface area contributed by atoms with Gasteiger partial charge in [0, 0.05) is 6.42 Å². The largest absolute Gasteiger partial charge is 0.497 e. The normalized spacial score (nSPS) is 28.9. The average Bonchev–Trinajstić information content (AvgIpc) is 2.72. The first-order valence-electron chi connectivity index (χ1n) is 10.7. The zero-order valence-corrected chi connectivity index (χ0v) is 16.6. The van der Waals surface area contributed by atoms with Gasteiger partial charge in [-0.15, -0.1) is 0 Å². The third kappa shape index (κ3) is 5.85. The van der Waals surface area contributed by atoms with E-state index in [0.29, 0.717) is 12.3 Å². The smallest absolute Gasteiger partial charge is 0.303 e. The molecule has 0 aliphatic heterocycles. The average molecular weight is 371 g/mol. The number of aliphatic carboxylic acids is 1. The number of allylic oxidation sites excluding steroid dienone is 2. The van der Waals surface area contributed by atoms with Crippen LogP contribution in [-0.2, 0) is 4.79 Å². The maximum atomic E-state index is 10.6. The summed E-state index contributed by atoms with van der Waals surface area (Å²) in [7, 11) is 1.72. The van der Waals surface area contributed by atoms with Gasteiger partial charge in [-0.1, -0.05) is 24.3 Å². The first-order valence-corrected chi connectivity index (χ1v) is 10.7. The highest BCUT2D eigenvalue weighted by molar-refractivity contribution is 5.66. The SMILES string of the molecule is COc1ccc(C2CCC(C3CCC(C=CCCC(=O)O)CC3)CC2)cc1. The van der Waals surface area contributed by atoms with Gasteiger partial charge in [-0.2, -0.15) is 0 Å². The molecule has 1 N–H and O–H groups in total. The standard InChI is InChI=1S/C24H34O3/c1-27-23-16-14-22(15-17-23)21-12-10-20(11-13-21)19-8-6-18(7-9-19)4-2-3-5-24(25)26/h2,4,14-21H,3,5-13H2,1H3,(H,25,26). The molecular weight excluding hydrogens is 336 g/mol. The fourth-order valence-corrected chi connectivity index (χ4v) is 5.10. The number of benzene rings is 1. The van der Waals surface area contributed by atoms with Gasteiger partial charge >= 0.3 is 5.97 Å². The van der Waals surface area contributed by atoms with Crippen molar-refractivity contribution in [2.24, 2.45) is 17.8 Å². The molecule has 1 aromatic carbocycles. The molecule has 3 rings (SSSR count). The molecule has 0 amide bonds. The summed E-state index contributed by atoms with van der Waals surface area (Å²) in [6, 6.07) is 8.66. The molecule has 0 bridgehead atoms. The van der Waals surface area contributed by atoms with Crippen LogP contribution in [0, 0.1) is 17.8 Å². The molecule has 0 heterocycles. The highest BCUT2D eigenvalue weighted by atomic mass is 16.5. The molecule has 3 nitrogen and oxygen atoms in total. The number of methoxy groups -OCH3 is 1. The topological polar surface area (TPSA) is 46.5 Å². The van der Waals surface area contributed by atoms with E-state index in [1.54, 1.807) is 7.11 Å². The minimum Gasteiger partial charge on any atom is -0.497 e. The molecule has 0 saturated heterocycles. The number of carbonyl (C=O) groups is 1. The summed E-state index contributed by atoms with van der Waals surface area (Å²) >= 11 is 0. The second-order valence-electron chi connectivity index (χ2n) is 8.42. The van der Waals surface area contributed by atoms with E-state index >= 15 is 0 Å². The molecule has 148 valence electrons. The van der Waals surface area contributed by atoms with Crippen LogP contribution in [0.2, 0.25) is 0 Å². The molecule has 0 radical (unpaired) electrons. The van der Waals surface area contributed by atoms with Crippen molar-refractivity contribution in [2.45, 2.75) is 70.1 Å². The van der Waals surface area contributed by atoms with E-state index in [9.17, 15) is 4.79 Å². The van der Waals surface area contributed by atoms with Gasteiger partial charge < -0.3 is 9.84 Å². The number of carboxylic acid groups (broad SMARTS) is 1. The van der Waals surface area contributed by atoms with Crippen molar-refractivity contribution in [3.05, 3.63) is 42.0 Å². The van der Waals surface area contributed by atoms with E-state index in [0.717, 1.165) is 23.5 Å². The Bertz CT molecular complexity index is 603. The predicted octanol–water partition coefficient (Wildman–Crippen LogP) is 6.20. The summed E-state index contributed by atoms with van der Waals surface area (Å²) in [6.45, 7) is 0. The molecule has 27 heavy (non-hydrogen) atoms. The summed E-state index contributed by atoms with van der Waals surface area (Å²) in [5, 5.41) is 8.70. The van der Waals surface area contributed by atoms with E-state index in [2.05, 4.69) is 36.4 Å². The lowest BCUT2D eigenvalue weighted by Gasteiger charge is -2.37. The second kappa shape index (κ2) is 9.96. The van der Waals surface area contributed by atoms with E-state index in [-0.39, 0.29) is 6.42 Å². The second-order valence-corrected chi connectivity index (χ2v) is 8.42. The first-order chi connectivity index (χ1) is 13.2. The van der Waals surface area contributed by atoms with Crippen LogP contribution in [0.25, 0.3) is 0 Å². The monoisotopic (exact) mass is 370 g/mol. The van der Waals surface area contributed by atoms with Crippen LogP contribution in [0.4, 0.5) is 0 Å². The van der Waals surface area contributed by atoms with Crippen LogP contribution in [-0.4, -0.2) is 18.2 Å². The van der Waals surface area contributed by atoms with Gasteiger partial charge in [-0.05, 0) is 99.2 Å². The van der Waals surface area contributed by atoms with Crippen molar-refractivity contribution in [1.82, 2.24) is 0 Å². The lowest BCUT2D eigenvalue weighted by atomic mass is 9.68. The Morgan fingerprint density at radius 1 is 1.00 bits per heavy atom. The Kier molecular flexibility index (Phi) is 7.37. The van der Waals surface area contributed by atoms with Crippen LogP contribution >= 0.6 is 0 Å². The summed E-state index contributed by atoms with van der Waals surface area (Å²) in [6.07, 6.45) is 16.0. The summed E-state index contributed by atoms with van der Waals surface area (Å²) in [5.74, 6) is 3.46. The van der Waals surface area contributed by atoms with Crippen molar-refractivity contribution in [1.29, 1.82) is 0 Å². The maximum absolute atomic E-state index is 10.6. The van der Waals surface area contributed by atoms with Gasteiger partial charge in [0.1, 0.15) is 5.75 Å². The van der Waals surface area contributed by atoms with Gasteiger partial charge in [0.2, 0.25) is 0 Å². The van der Waals surface area contributed by atoms with Crippen molar-refractivity contribution < 1.29 is 14.6 Å². The molecule has 1 aromatic rings. The Hall–Kier alpha value is -1.77. The first kappa shape index (κ1) is 20.0. The number of hydrogen-bond acceptors (Lipinski definition) is 2. The molecule has 0 unspecified atom stereocenters. The molecule has 0 spiro atoms. The van der Waals surface area contributed by atoms with Crippen LogP contribution in [0.3, 0.4) is 0 Å². The van der Waals surface area contributed by atoms with Crippen LogP contribution < -0.4 is 4.74 Å². The van der Waals surface area contributed by atoms with Gasteiger partial charge in [0.05, 0.1) is 7.11 Å². The highest BCUT2D eigenvalue weighted by Gasteiger charge is 2.30. The van der Waals surface area contributed by atoms with Gasteiger partial charge in [0.25, 0.3) is 0 Å². The Morgan fingerprint density at radius 2 is 1.59 bits per heavy atom. The zero-order valence-electron chi connectivity index (χ0n) is 16.6. The molecular formula is C24H34O3. The van der Waals surface area contributed by atoms with Crippen LogP contribution in [0.1, 0.15) is 75.7 Å². The number of hydrogen-bond donors (Lipinski definition) is 1. The van der Waals surface area contributed by atoms with E-state index in [1.807, 2.05) is 0 Å². The lowest BCUT2D eigenvalue weighted by Crippen LogP contribution is -2.25. The predicted molar refractivity (Wildman–Crippen MR) is 109 cm³/mol. The Labute approximate surface area is 163 Å². The number of rotatable bonds is 7. The fraction of sp³-hybridized carbons (Fsp3) is 0.625. The van der Waals surface area contributed by atoms with Crippen molar-refractivity contribution in [3.8, 4) is 5.75 Å². The number of carboxylic acids is 1. The van der Waals surface area contributed by atoms with Gasteiger partial charge in [0.15, 0.2) is 0 Å². The van der Waals surface area contributed by atoms with Crippen LogP contribution in [0.5, 0.6) is 5.75 Å². The third-order valence-corrected chi connectivity index (χ3v) is 6.78. The van der Waals surface area contributed by atoms with E-state index in [1.165, 1.54) is 56.9 Å². The molecule has 2 aliphatic carbocycles. The molecule has 0 aromatic heterocycles. The van der Waals surface area contributed by atoms with Crippen molar-refractivity contribution >= 4 is 5.97 Å². The minimum absolute atomic E-state index is 0.253. The summed E-state index contributed by atoms with van der Waals surface area (Å²) < 4.78 is 5.27. The summed E-state index contributed by atoms with van der Waals surface area (Å²) in [4.78, 5) is 10.6. The van der Waals surface area contributed by atoms with Gasteiger partial charge in [-0.25, -0.2) is 0 Å². The molecule has 0 atom stereocenters. The van der Waals surface area contributed by atoms with Crippen LogP contribution in [0.15, 0.2) is 36.4 Å². The van der Waals surface area contributed by atoms with Gasteiger partial charge in [-0.3, -0.25) is 4.79 Å². The lowest BCUT2D eigenvalue weighted by molar-refractivity contribution is -0.136. The molecule has 2 saturated carbocycles.